The number of carbonyl (C=O) groups excluding carboxylic acids is 3. The van der Waals surface area contributed by atoms with Crippen LogP contribution in [0.5, 0.6) is 5.75 Å². The number of imide groups is 1. The number of oxime groups is 1. The van der Waals surface area contributed by atoms with Crippen molar-refractivity contribution in [1.29, 1.82) is 0 Å². The lowest BCUT2D eigenvalue weighted by molar-refractivity contribution is -0.122. The number of piperidine rings is 1. The van der Waals surface area contributed by atoms with Crippen molar-refractivity contribution in [1.82, 2.24) is 25.4 Å². The molecule has 3 aliphatic heterocycles. The van der Waals surface area contributed by atoms with E-state index in [0.717, 1.165) is 31.4 Å². The highest BCUT2D eigenvalue weighted by Gasteiger charge is 2.48. The number of carbonyl (C=O) groups is 3. The number of rotatable bonds is 4. The first kappa shape index (κ1) is 25.1. The number of aromatic nitrogens is 1. The number of benzene rings is 1. The normalized spacial score (nSPS) is 22.9. The summed E-state index contributed by atoms with van der Waals surface area (Å²) in [5.74, 6) is 5.85. The number of fused-ring (bicyclic) bond motifs is 1. The van der Waals surface area contributed by atoms with Crippen LogP contribution in [0.25, 0.3) is 0 Å². The van der Waals surface area contributed by atoms with Crippen LogP contribution in [-0.4, -0.2) is 75.5 Å². The number of amidine groups is 1. The van der Waals surface area contributed by atoms with E-state index >= 15 is 0 Å². The lowest BCUT2D eigenvalue weighted by atomic mass is 9.99. The number of nitrogens with one attached hydrogen (secondary N) is 2. The molecular formula is C27H28N6O5. The van der Waals surface area contributed by atoms with Crippen molar-refractivity contribution in [3.63, 3.8) is 0 Å². The van der Waals surface area contributed by atoms with Crippen molar-refractivity contribution in [2.75, 3.05) is 20.2 Å². The van der Waals surface area contributed by atoms with Crippen LogP contribution in [0.1, 0.15) is 53.4 Å². The molecule has 196 valence electrons. The minimum Gasteiger partial charge on any atom is -0.497 e. The summed E-state index contributed by atoms with van der Waals surface area (Å²) >= 11 is 0. The first-order chi connectivity index (χ1) is 18.3. The zero-order valence-corrected chi connectivity index (χ0v) is 21.2. The summed E-state index contributed by atoms with van der Waals surface area (Å²) in [5.41, 5.74) is 0.656. The molecule has 2 saturated heterocycles. The van der Waals surface area contributed by atoms with Gasteiger partial charge in [0.1, 0.15) is 11.4 Å². The van der Waals surface area contributed by atoms with Crippen LogP contribution in [0.3, 0.4) is 0 Å². The SMILES string of the molecule is COc1ccc2c(c1)C(=O)N(C[C@@]1(C#Cc3ccc(/C(=N\O)N4CCCC[C@@H]4C)nc3)NC(=O)NC1=O)C2. The maximum atomic E-state index is 13.1. The Morgan fingerprint density at radius 3 is 2.76 bits per heavy atom. The van der Waals surface area contributed by atoms with Crippen molar-refractivity contribution >= 4 is 23.7 Å². The number of urea groups is 1. The van der Waals surface area contributed by atoms with Crippen LogP contribution in [-0.2, 0) is 11.3 Å². The summed E-state index contributed by atoms with van der Waals surface area (Å²) < 4.78 is 5.22. The van der Waals surface area contributed by atoms with Crippen molar-refractivity contribution in [3.05, 3.63) is 58.9 Å². The number of hydrogen-bond acceptors (Lipinski definition) is 7. The van der Waals surface area contributed by atoms with Gasteiger partial charge in [0.2, 0.25) is 5.54 Å². The van der Waals surface area contributed by atoms with Gasteiger partial charge in [0.15, 0.2) is 5.84 Å². The number of likely N-dealkylation sites (tertiary alicyclic amines) is 1. The molecule has 3 aliphatic rings. The van der Waals surface area contributed by atoms with E-state index in [1.807, 2.05) is 4.90 Å². The molecule has 5 rings (SSSR count). The number of methoxy groups -OCH3 is 1. The zero-order chi connectivity index (χ0) is 26.9. The highest BCUT2D eigenvalue weighted by Crippen LogP contribution is 2.28. The fourth-order valence-electron chi connectivity index (χ4n) is 5.06. The quantitative estimate of drug-likeness (QED) is 0.140. The maximum absolute atomic E-state index is 13.1. The Balaban J connectivity index is 1.38. The van der Waals surface area contributed by atoms with Crippen LogP contribution in [0.15, 0.2) is 41.7 Å². The van der Waals surface area contributed by atoms with Gasteiger partial charge in [0.05, 0.1) is 13.7 Å². The molecule has 11 heteroatoms. The van der Waals surface area contributed by atoms with Gasteiger partial charge in [-0.25, -0.2) is 4.79 Å². The summed E-state index contributed by atoms with van der Waals surface area (Å²) in [6, 6.07) is 8.20. The third-order valence-corrected chi connectivity index (χ3v) is 7.15. The average molecular weight is 517 g/mol. The second kappa shape index (κ2) is 10.0. The van der Waals surface area contributed by atoms with E-state index < -0.39 is 17.5 Å². The van der Waals surface area contributed by atoms with Crippen molar-refractivity contribution < 1.29 is 24.3 Å². The predicted octanol–water partition coefficient (Wildman–Crippen LogP) is 1.69. The van der Waals surface area contributed by atoms with Gasteiger partial charge in [0.25, 0.3) is 11.8 Å². The van der Waals surface area contributed by atoms with E-state index in [1.165, 1.54) is 18.2 Å². The standard InChI is InChI=1S/C27H28N6O5/c1-17-5-3-4-12-33(17)23(31-37)22-9-6-18(14-28-22)10-11-27(25(35)29-26(36)30-27)16-32-15-19-7-8-20(38-2)13-21(19)24(32)34/h6-9,13-14,17,37H,3-5,12,15-16H2,1-2H3,(H2,29,30,35,36)/b31-23+/t17-,27+/m0/s1. The van der Waals surface area contributed by atoms with Crippen LogP contribution < -0.4 is 15.4 Å². The molecule has 11 nitrogen and oxygen atoms in total. The van der Waals surface area contributed by atoms with Crippen LogP contribution in [0.2, 0.25) is 0 Å². The van der Waals surface area contributed by atoms with Crippen molar-refractivity contribution in [2.45, 2.75) is 44.3 Å². The molecule has 1 aromatic carbocycles. The van der Waals surface area contributed by atoms with E-state index in [9.17, 15) is 19.6 Å². The molecule has 0 unspecified atom stereocenters. The smallest absolute Gasteiger partial charge is 0.323 e. The van der Waals surface area contributed by atoms with Crippen molar-refractivity contribution in [2.24, 2.45) is 5.16 Å². The summed E-state index contributed by atoms with van der Waals surface area (Å²) in [7, 11) is 1.52. The monoisotopic (exact) mass is 516 g/mol. The van der Waals surface area contributed by atoms with Gasteiger partial charge in [-0.15, -0.1) is 0 Å². The molecule has 3 N–H and O–H groups in total. The van der Waals surface area contributed by atoms with E-state index in [-0.39, 0.29) is 25.0 Å². The molecule has 0 saturated carbocycles. The Labute approximate surface area is 219 Å². The van der Waals surface area contributed by atoms with Gasteiger partial charge >= 0.3 is 6.03 Å². The predicted molar refractivity (Wildman–Crippen MR) is 137 cm³/mol. The molecule has 4 heterocycles. The minimum atomic E-state index is -1.63. The Kier molecular flexibility index (Phi) is 6.63. The molecule has 2 fully saturated rings. The Hall–Kier alpha value is -4.59. The highest BCUT2D eigenvalue weighted by molar-refractivity contribution is 6.10. The van der Waals surface area contributed by atoms with Crippen LogP contribution in [0.4, 0.5) is 4.79 Å². The van der Waals surface area contributed by atoms with Gasteiger partial charge in [-0.1, -0.05) is 23.1 Å². The summed E-state index contributed by atoms with van der Waals surface area (Å²) in [4.78, 5) is 46.0. The summed E-state index contributed by atoms with van der Waals surface area (Å²) in [6.07, 6.45) is 4.68. The maximum Gasteiger partial charge on any atom is 0.323 e. The fourth-order valence-corrected chi connectivity index (χ4v) is 5.06. The average Bonchev–Trinajstić information content (AvgIpc) is 3.38. The van der Waals surface area contributed by atoms with Crippen LogP contribution >= 0.6 is 0 Å². The molecule has 38 heavy (non-hydrogen) atoms. The zero-order valence-electron chi connectivity index (χ0n) is 21.2. The fraction of sp³-hybridized carbons (Fsp3) is 0.370. The van der Waals surface area contributed by atoms with Gasteiger partial charge in [0, 0.05) is 36.5 Å². The topological polar surface area (TPSA) is 136 Å². The van der Waals surface area contributed by atoms with Gasteiger partial charge in [-0.05, 0) is 56.0 Å². The molecule has 0 spiro atoms. The Morgan fingerprint density at radius 1 is 1.26 bits per heavy atom. The Bertz CT molecular complexity index is 1380. The number of amides is 4. The second-order valence-corrected chi connectivity index (χ2v) is 9.64. The highest BCUT2D eigenvalue weighted by atomic mass is 16.5. The number of ether oxygens (including phenoxy) is 1. The van der Waals surface area contributed by atoms with Gasteiger partial charge in [-0.2, -0.15) is 0 Å². The van der Waals surface area contributed by atoms with Gasteiger partial charge < -0.3 is 25.1 Å². The molecule has 0 aliphatic carbocycles. The third-order valence-electron chi connectivity index (χ3n) is 7.15. The largest absolute Gasteiger partial charge is 0.497 e. The van der Waals surface area contributed by atoms with Gasteiger partial charge in [-0.3, -0.25) is 19.9 Å². The van der Waals surface area contributed by atoms with Crippen LogP contribution in [0, 0.1) is 11.8 Å². The molecule has 1 aromatic heterocycles. The second-order valence-electron chi connectivity index (χ2n) is 9.64. The number of nitrogens with zero attached hydrogens (tertiary/aromatic N) is 4. The van der Waals surface area contributed by atoms with Crippen molar-refractivity contribution in [3.8, 4) is 17.6 Å². The summed E-state index contributed by atoms with van der Waals surface area (Å²) in [5, 5.41) is 18.0. The molecule has 2 atom stereocenters. The minimum absolute atomic E-state index is 0.132. The number of hydrogen-bond donors (Lipinski definition) is 3. The van der Waals surface area contributed by atoms with E-state index in [4.69, 9.17) is 4.74 Å². The molecule has 0 bridgehead atoms. The molecular weight excluding hydrogens is 488 g/mol. The molecule has 4 amide bonds. The van der Waals surface area contributed by atoms with E-state index in [2.05, 4.69) is 39.5 Å². The Morgan fingerprint density at radius 2 is 2.11 bits per heavy atom. The third kappa shape index (κ3) is 4.61. The summed E-state index contributed by atoms with van der Waals surface area (Å²) in [6.45, 7) is 3.02. The molecule has 0 radical (unpaired) electrons. The molecule has 2 aromatic rings. The first-order valence-electron chi connectivity index (χ1n) is 12.4. The lowest BCUT2D eigenvalue weighted by Crippen LogP contribution is -2.54. The first-order valence-corrected chi connectivity index (χ1v) is 12.4. The van der Waals surface area contributed by atoms with E-state index in [0.29, 0.717) is 28.4 Å². The van der Waals surface area contributed by atoms with E-state index in [1.54, 1.807) is 30.3 Å². The lowest BCUT2D eigenvalue weighted by Gasteiger charge is -2.34. The number of pyridine rings is 1.